The van der Waals surface area contributed by atoms with Crippen LogP contribution in [0.2, 0.25) is 0 Å². The number of rotatable bonds is 3. The van der Waals surface area contributed by atoms with Crippen molar-refractivity contribution in [3.05, 3.63) is 34.8 Å². The number of ether oxygens (including phenoxy) is 1. The highest BCUT2D eigenvalue weighted by Gasteiger charge is 2.26. The van der Waals surface area contributed by atoms with E-state index < -0.39 is 0 Å². The zero-order valence-electron chi connectivity index (χ0n) is 14.6. The summed E-state index contributed by atoms with van der Waals surface area (Å²) in [6, 6.07) is 7.65. The second-order valence-corrected chi connectivity index (χ2v) is 6.96. The van der Waals surface area contributed by atoms with Gasteiger partial charge in [0.25, 0.3) is 5.91 Å². The van der Waals surface area contributed by atoms with Crippen molar-refractivity contribution in [2.24, 2.45) is 0 Å². The molecule has 6 nitrogen and oxygen atoms in total. The van der Waals surface area contributed by atoms with Gasteiger partial charge in [-0.15, -0.1) is 11.3 Å². The molecule has 7 heteroatoms. The van der Waals surface area contributed by atoms with Crippen molar-refractivity contribution in [3.63, 3.8) is 0 Å². The Bertz CT molecular complexity index is 777. The summed E-state index contributed by atoms with van der Waals surface area (Å²) in [6.45, 7) is 5.73. The number of piperazine rings is 1. The Kier molecular flexibility index (Phi) is 5.03. The predicted octanol–water partition coefficient (Wildman–Crippen LogP) is 2.43. The molecule has 0 bridgehead atoms. The lowest BCUT2D eigenvalue weighted by atomic mass is 10.2. The van der Waals surface area contributed by atoms with Gasteiger partial charge in [-0.3, -0.25) is 9.59 Å². The Morgan fingerprint density at radius 3 is 2.24 bits per heavy atom. The van der Waals surface area contributed by atoms with E-state index in [-0.39, 0.29) is 11.8 Å². The van der Waals surface area contributed by atoms with Gasteiger partial charge in [-0.05, 0) is 31.2 Å². The fourth-order valence-corrected chi connectivity index (χ4v) is 3.86. The molecule has 25 heavy (non-hydrogen) atoms. The molecule has 2 amide bonds. The monoisotopic (exact) mass is 359 g/mol. The van der Waals surface area contributed by atoms with Gasteiger partial charge in [-0.25, -0.2) is 4.98 Å². The van der Waals surface area contributed by atoms with Crippen molar-refractivity contribution in [3.8, 4) is 16.3 Å². The lowest BCUT2D eigenvalue weighted by Gasteiger charge is -2.34. The summed E-state index contributed by atoms with van der Waals surface area (Å²) in [5.41, 5.74) is 1.71. The van der Waals surface area contributed by atoms with Gasteiger partial charge in [-0.1, -0.05) is 0 Å². The molecule has 0 spiro atoms. The fourth-order valence-electron chi connectivity index (χ4n) is 2.82. The Morgan fingerprint density at radius 2 is 1.68 bits per heavy atom. The van der Waals surface area contributed by atoms with E-state index in [2.05, 4.69) is 4.98 Å². The molecule has 132 valence electrons. The second-order valence-electron chi connectivity index (χ2n) is 5.96. The standard InChI is InChI=1S/C18H21N3O3S/c1-12-16(18(23)21-10-8-20(9-11-21)13(2)22)25-17(19-12)14-4-6-15(24-3)7-5-14/h4-7H,8-11H2,1-3H3. The summed E-state index contributed by atoms with van der Waals surface area (Å²) in [5.74, 6) is 0.845. The van der Waals surface area contributed by atoms with Gasteiger partial charge in [0.1, 0.15) is 15.6 Å². The van der Waals surface area contributed by atoms with Gasteiger partial charge in [0.05, 0.1) is 12.8 Å². The van der Waals surface area contributed by atoms with Crippen LogP contribution < -0.4 is 4.74 Å². The number of amides is 2. The first-order valence-electron chi connectivity index (χ1n) is 8.16. The van der Waals surface area contributed by atoms with E-state index >= 15 is 0 Å². The molecule has 2 aromatic rings. The maximum absolute atomic E-state index is 12.8. The Balaban J connectivity index is 1.75. The summed E-state index contributed by atoms with van der Waals surface area (Å²) < 4.78 is 5.17. The third kappa shape index (κ3) is 3.66. The van der Waals surface area contributed by atoms with Crippen LogP contribution in [0.1, 0.15) is 22.3 Å². The lowest BCUT2D eigenvalue weighted by Crippen LogP contribution is -2.50. The molecular weight excluding hydrogens is 338 g/mol. The van der Waals surface area contributed by atoms with Crippen LogP contribution in [0.25, 0.3) is 10.6 Å². The molecule has 1 aliphatic rings. The molecule has 1 saturated heterocycles. The molecule has 1 aliphatic heterocycles. The summed E-state index contributed by atoms with van der Waals surface area (Å²) in [7, 11) is 1.63. The highest BCUT2D eigenvalue weighted by molar-refractivity contribution is 7.17. The molecule has 0 aliphatic carbocycles. The number of benzene rings is 1. The number of aromatic nitrogens is 1. The first-order chi connectivity index (χ1) is 12.0. The molecule has 0 atom stereocenters. The Hall–Kier alpha value is -2.41. The number of aryl methyl sites for hydroxylation is 1. The molecule has 1 aromatic carbocycles. The van der Waals surface area contributed by atoms with Crippen molar-refractivity contribution in [1.29, 1.82) is 0 Å². The zero-order valence-corrected chi connectivity index (χ0v) is 15.4. The molecule has 0 saturated carbocycles. The molecule has 0 unspecified atom stereocenters. The van der Waals surface area contributed by atoms with Crippen molar-refractivity contribution in [1.82, 2.24) is 14.8 Å². The second kappa shape index (κ2) is 7.23. The maximum Gasteiger partial charge on any atom is 0.265 e. The van der Waals surface area contributed by atoms with Gasteiger partial charge in [0, 0.05) is 38.7 Å². The quantitative estimate of drug-likeness (QED) is 0.844. The van der Waals surface area contributed by atoms with Gasteiger partial charge < -0.3 is 14.5 Å². The molecule has 0 radical (unpaired) electrons. The minimum Gasteiger partial charge on any atom is -0.497 e. The first kappa shape index (κ1) is 17.4. The normalized spacial score (nSPS) is 14.5. The molecule has 1 fully saturated rings. The van der Waals surface area contributed by atoms with Crippen LogP contribution in [0.3, 0.4) is 0 Å². The summed E-state index contributed by atoms with van der Waals surface area (Å²) in [6.07, 6.45) is 0. The average molecular weight is 359 g/mol. The highest BCUT2D eigenvalue weighted by Crippen LogP contribution is 2.30. The number of carbonyl (C=O) groups excluding carboxylic acids is 2. The average Bonchev–Trinajstić information content (AvgIpc) is 3.03. The van der Waals surface area contributed by atoms with E-state index in [9.17, 15) is 9.59 Å². The van der Waals surface area contributed by atoms with Crippen LogP contribution in [0, 0.1) is 6.92 Å². The van der Waals surface area contributed by atoms with E-state index in [1.165, 1.54) is 11.3 Å². The van der Waals surface area contributed by atoms with E-state index in [4.69, 9.17) is 4.74 Å². The summed E-state index contributed by atoms with van der Waals surface area (Å²) >= 11 is 1.41. The number of methoxy groups -OCH3 is 1. The Morgan fingerprint density at radius 1 is 1.08 bits per heavy atom. The van der Waals surface area contributed by atoms with Gasteiger partial charge >= 0.3 is 0 Å². The van der Waals surface area contributed by atoms with Crippen LogP contribution in [-0.4, -0.2) is 59.9 Å². The third-order valence-corrected chi connectivity index (χ3v) is 5.53. The van der Waals surface area contributed by atoms with E-state index in [0.717, 1.165) is 22.0 Å². The number of carbonyl (C=O) groups is 2. The Labute approximate surface area is 151 Å². The lowest BCUT2D eigenvalue weighted by molar-refractivity contribution is -0.130. The van der Waals surface area contributed by atoms with Gasteiger partial charge in [0.2, 0.25) is 5.91 Å². The predicted molar refractivity (Wildman–Crippen MR) is 97.0 cm³/mol. The van der Waals surface area contributed by atoms with E-state index in [1.807, 2.05) is 31.2 Å². The van der Waals surface area contributed by atoms with Crippen LogP contribution in [0.15, 0.2) is 24.3 Å². The minimum atomic E-state index is -0.00189. The van der Waals surface area contributed by atoms with Gasteiger partial charge in [0.15, 0.2) is 0 Å². The third-order valence-electron chi connectivity index (χ3n) is 4.34. The first-order valence-corrected chi connectivity index (χ1v) is 8.98. The molecule has 0 N–H and O–H groups in total. The van der Waals surface area contributed by atoms with E-state index in [1.54, 1.807) is 23.8 Å². The highest BCUT2D eigenvalue weighted by atomic mass is 32.1. The smallest absolute Gasteiger partial charge is 0.265 e. The summed E-state index contributed by atoms with van der Waals surface area (Å²) in [5, 5.41) is 0.825. The van der Waals surface area contributed by atoms with Crippen LogP contribution in [0.4, 0.5) is 0 Å². The molecular formula is C18H21N3O3S. The number of nitrogens with zero attached hydrogens (tertiary/aromatic N) is 3. The van der Waals surface area contributed by atoms with Crippen LogP contribution in [0.5, 0.6) is 5.75 Å². The maximum atomic E-state index is 12.8. The van der Waals surface area contributed by atoms with Crippen molar-refractivity contribution >= 4 is 23.2 Å². The zero-order chi connectivity index (χ0) is 18.0. The van der Waals surface area contributed by atoms with Crippen LogP contribution >= 0.6 is 11.3 Å². The largest absolute Gasteiger partial charge is 0.497 e. The van der Waals surface area contributed by atoms with Crippen molar-refractivity contribution in [2.45, 2.75) is 13.8 Å². The van der Waals surface area contributed by atoms with E-state index in [0.29, 0.717) is 31.1 Å². The number of thiazole rings is 1. The topological polar surface area (TPSA) is 62.7 Å². The SMILES string of the molecule is COc1ccc(-c2nc(C)c(C(=O)N3CCN(C(C)=O)CC3)s2)cc1. The van der Waals surface area contributed by atoms with Crippen molar-refractivity contribution < 1.29 is 14.3 Å². The summed E-state index contributed by atoms with van der Waals surface area (Å²) in [4.78, 5) is 33.0. The molecule has 1 aromatic heterocycles. The number of hydrogen-bond donors (Lipinski definition) is 0. The van der Waals surface area contributed by atoms with Crippen LogP contribution in [-0.2, 0) is 4.79 Å². The fraction of sp³-hybridized carbons (Fsp3) is 0.389. The van der Waals surface area contributed by atoms with Crippen molar-refractivity contribution in [2.75, 3.05) is 33.3 Å². The molecule has 3 rings (SSSR count). The minimum absolute atomic E-state index is 0.00189. The van der Waals surface area contributed by atoms with Gasteiger partial charge in [-0.2, -0.15) is 0 Å². The number of hydrogen-bond acceptors (Lipinski definition) is 5. The molecule has 2 heterocycles.